The van der Waals surface area contributed by atoms with E-state index in [0.29, 0.717) is 0 Å². The van der Waals surface area contributed by atoms with Crippen molar-refractivity contribution in [3.05, 3.63) is 40.8 Å². The highest BCUT2D eigenvalue weighted by Crippen LogP contribution is 2.20. The minimum Gasteiger partial charge on any atom is -0.371 e. The Labute approximate surface area is 134 Å². The number of piperidine rings is 1. The van der Waals surface area contributed by atoms with Gasteiger partial charge in [-0.25, -0.2) is 4.79 Å². The highest BCUT2D eigenvalue weighted by molar-refractivity contribution is 7.08. The average Bonchev–Trinajstić information content (AvgIpc) is 2.94. The highest BCUT2D eigenvalue weighted by atomic mass is 32.1. The maximum Gasteiger partial charge on any atom is 0.319 e. The molecule has 116 valence electrons. The molecule has 0 bridgehead atoms. The summed E-state index contributed by atoms with van der Waals surface area (Å²) in [6, 6.07) is 4.18. The molecule has 0 spiro atoms. The first-order valence-electron chi connectivity index (χ1n) is 7.47. The molecule has 0 radical (unpaired) electrons. The molecule has 2 amide bonds. The van der Waals surface area contributed by atoms with Crippen LogP contribution in [0.3, 0.4) is 0 Å². The van der Waals surface area contributed by atoms with Crippen LogP contribution in [0.5, 0.6) is 0 Å². The number of amides is 2. The van der Waals surface area contributed by atoms with E-state index in [1.807, 2.05) is 42.2 Å². The van der Waals surface area contributed by atoms with Crippen LogP contribution in [0.1, 0.15) is 18.4 Å². The maximum atomic E-state index is 12.0. The number of carbonyl (C=O) groups excluding carboxylic acids is 1. The highest BCUT2D eigenvalue weighted by Gasteiger charge is 2.21. The van der Waals surface area contributed by atoms with Gasteiger partial charge in [0.1, 0.15) is 0 Å². The van der Waals surface area contributed by atoms with E-state index in [2.05, 4.69) is 20.5 Å². The number of nitrogens with zero attached hydrogens (tertiary/aromatic N) is 2. The summed E-state index contributed by atoms with van der Waals surface area (Å²) in [7, 11) is 0. The number of hydrogen-bond donors (Lipinski definition) is 2. The van der Waals surface area contributed by atoms with Crippen LogP contribution in [-0.4, -0.2) is 30.1 Å². The summed E-state index contributed by atoms with van der Waals surface area (Å²) in [6.07, 6.45) is 5.54. The average molecular weight is 316 g/mol. The Morgan fingerprint density at radius 1 is 1.27 bits per heavy atom. The van der Waals surface area contributed by atoms with E-state index in [-0.39, 0.29) is 12.1 Å². The number of hydrogen-bond acceptors (Lipinski definition) is 4. The predicted octanol–water partition coefficient (Wildman–Crippen LogP) is 3.24. The number of rotatable bonds is 3. The van der Waals surface area contributed by atoms with Gasteiger partial charge in [-0.05, 0) is 42.8 Å². The maximum absolute atomic E-state index is 12.0. The van der Waals surface area contributed by atoms with Gasteiger partial charge in [0.15, 0.2) is 0 Å². The summed E-state index contributed by atoms with van der Waals surface area (Å²) in [5.41, 5.74) is 3.20. The van der Waals surface area contributed by atoms with E-state index in [1.54, 1.807) is 11.3 Å². The summed E-state index contributed by atoms with van der Waals surface area (Å²) >= 11 is 1.60. The van der Waals surface area contributed by atoms with Crippen LogP contribution in [0.15, 0.2) is 35.3 Å². The zero-order valence-electron chi connectivity index (χ0n) is 12.6. The topological polar surface area (TPSA) is 57.3 Å². The molecule has 3 rings (SSSR count). The second-order valence-electron chi connectivity index (χ2n) is 5.53. The zero-order valence-corrected chi connectivity index (χ0v) is 13.4. The molecule has 0 aliphatic carbocycles. The molecule has 0 saturated carbocycles. The quantitative estimate of drug-likeness (QED) is 0.914. The first kappa shape index (κ1) is 14.8. The van der Waals surface area contributed by atoms with Gasteiger partial charge in [0, 0.05) is 42.6 Å². The number of nitrogens with one attached hydrogen (secondary N) is 2. The third kappa shape index (κ3) is 3.57. The predicted molar refractivity (Wildman–Crippen MR) is 90.7 cm³/mol. The number of carbonyl (C=O) groups is 1. The van der Waals surface area contributed by atoms with E-state index in [4.69, 9.17) is 0 Å². The monoisotopic (exact) mass is 316 g/mol. The van der Waals surface area contributed by atoms with Crippen molar-refractivity contribution >= 4 is 28.7 Å². The molecule has 22 heavy (non-hydrogen) atoms. The summed E-state index contributed by atoms with van der Waals surface area (Å²) in [5, 5.41) is 9.98. The molecule has 0 unspecified atom stereocenters. The van der Waals surface area contributed by atoms with E-state index >= 15 is 0 Å². The van der Waals surface area contributed by atoms with Crippen molar-refractivity contribution in [1.29, 1.82) is 0 Å². The van der Waals surface area contributed by atoms with E-state index < -0.39 is 0 Å². The van der Waals surface area contributed by atoms with Gasteiger partial charge < -0.3 is 15.5 Å². The van der Waals surface area contributed by atoms with Crippen LogP contribution in [0.25, 0.3) is 0 Å². The largest absolute Gasteiger partial charge is 0.371 e. The van der Waals surface area contributed by atoms with Gasteiger partial charge >= 0.3 is 6.03 Å². The summed E-state index contributed by atoms with van der Waals surface area (Å²) < 4.78 is 0. The lowest BCUT2D eigenvalue weighted by atomic mass is 10.0. The van der Waals surface area contributed by atoms with Gasteiger partial charge in [0.05, 0.1) is 5.69 Å². The van der Waals surface area contributed by atoms with Crippen LogP contribution in [-0.2, 0) is 0 Å². The molecule has 3 heterocycles. The normalized spacial score (nSPS) is 15.6. The second-order valence-corrected chi connectivity index (χ2v) is 6.28. The molecule has 1 aliphatic heterocycles. The van der Waals surface area contributed by atoms with E-state index in [9.17, 15) is 4.79 Å². The minimum atomic E-state index is -0.108. The lowest BCUT2D eigenvalue weighted by Crippen LogP contribution is -2.46. The Bertz CT molecular complexity index is 620. The molecule has 2 N–H and O–H groups in total. The van der Waals surface area contributed by atoms with Crippen LogP contribution < -0.4 is 15.5 Å². The third-order valence-electron chi connectivity index (χ3n) is 3.96. The first-order valence-corrected chi connectivity index (χ1v) is 8.42. The molecule has 2 aromatic heterocycles. The van der Waals surface area contributed by atoms with Crippen molar-refractivity contribution in [3.8, 4) is 0 Å². The molecule has 2 aromatic rings. The molecular weight excluding hydrogens is 296 g/mol. The smallest absolute Gasteiger partial charge is 0.319 e. The fourth-order valence-corrected chi connectivity index (χ4v) is 3.45. The van der Waals surface area contributed by atoms with Crippen LogP contribution in [0, 0.1) is 6.92 Å². The van der Waals surface area contributed by atoms with Crippen molar-refractivity contribution in [2.45, 2.75) is 25.8 Å². The second kappa shape index (κ2) is 6.79. The first-order chi connectivity index (χ1) is 10.7. The molecule has 1 saturated heterocycles. The van der Waals surface area contributed by atoms with Crippen LogP contribution in [0.2, 0.25) is 0 Å². The van der Waals surface area contributed by atoms with Gasteiger partial charge in [0.25, 0.3) is 0 Å². The van der Waals surface area contributed by atoms with Crippen LogP contribution in [0.4, 0.5) is 16.2 Å². The zero-order chi connectivity index (χ0) is 15.4. The number of pyridine rings is 1. The molecular formula is C16H20N4OS. The Morgan fingerprint density at radius 2 is 2.00 bits per heavy atom. The van der Waals surface area contributed by atoms with Gasteiger partial charge in [-0.15, -0.1) is 11.3 Å². The number of anilines is 2. The molecule has 5 nitrogen and oxygen atoms in total. The van der Waals surface area contributed by atoms with Crippen LogP contribution >= 0.6 is 11.3 Å². The van der Waals surface area contributed by atoms with E-state index in [1.165, 1.54) is 5.69 Å². The van der Waals surface area contributed by atoms with Crippen molar-refractivity contribution in [1.82, 2.24) is 10.3 Å². The van der Waals surface area contributed by atoms with Gasteiger partial charge in [-0.1, -0.05) is 0 Å². The molecule has 6 heteroatoms. The lowest BCUT2D eigenvalue weighted by Gasteiger charge is -2.33. The van der Waals surface area contributed by atoms with Crippen molar-refractivity contribution in [2.75, 3.05) is 23.3 Å². The Hall–Kier alpha value is -2.08. The molecule has 0 aromatic carbocycles. The van der Waals surface area contributed by atoms with Crippen molar-refractivity contribution in [3.63, 3.8) is 0 Å². The summed E-state index contributed by atoms with van der Waals surface area (Å²) in [6.45, 7) is 3.90. The Morgan fingerprint density at radius 3 is 2.64 bits per heavy atom. The lowest BCUT2D eigenvalue weighted by molar-refractivity contribution is 0.246. The third-order valence-corrected chi connectivity index (χ3v) is 4.82. The van der Waals surface area contributed by atoms with Gasteiger partial charge in [-0.2, -0.15) is 0 Å². The number of thiophene rings is 1. The van der Waals surface area contributed by atoms with Crippen molar-refractivity contribution in [2.24, 2.45) is 0 Å². The fraction of sp³-hybridized carbons (Fsp3) is 0.375. The fourth-order valence-electron chi connectivity index (χ4n) is 2.67. The van der Waals surface area contributed by atoms with Gasteiger partial charge in [0.2, 0.25) is 0 Å². The van der Waals surface area contributed by atoms with E-state index in [0.717, 1.165) is 37.2 Å². The standard InChI is InChI=1S/C16H20N4OS/c1-12-10-22-11-15(12)19-16(21)18-13-4-8-20(9-5-13)14-2-6-17-7-3-14/h2-3,6-7,10-11,13H,4-5,8-9H2,1H3,(H2,18,19,21). The number of urea groups is 1. The molecule has 0 atom stereocenters. The molecule has 1 fully saturated rings. The van der Waals surface area contributed by atoms with Gasteiger partial charge in [-0.3, -0.25) is 4.98 Å². The summed E-state index contributed by atoms with van der Waals surface area (Å²) in [4.78, 5) is 18.4. The minimum absolute atomic E-state index is 0.108. The summed E-state index contributed by atoms with van der Waals surface area (Å²) in [5.74, 6) is 0. The number of aryl methyl sites for hydroxylation is 1. The Kier molecular flexibility index (Phi) is 4.58. The van der Waals surface area contributed by atoms with Crippen molar-refractivity contribution < 1.29 is 4.79 Å². The number of aromatic nitrogens is 1. The SMILES string of the molecule is Cc1cscc1NC(=O)NC1CCN(c2ccncc2)CC1. The Balaban J connectivity index is 1.48. The molecule has 1 aliphatic rings.